The van der Waals surface area contributed by atoms with Crippen LogP contribution in [0.2, 0.25) is 5.02 Å². The van der Waals surface area contributed by atoms with Crippen LogP contribution in [0.3, 0.4) is 0 Å². The Hall–Kier alpha value is -1.31. The summed E-state index contributed by atoms with van der Waals surface area (Å²) >= 11 is 6.70. The van der Waals surface area contributed by atoms with E-state index in [0.29, 0.717) is 28.5 Å². The SMILES string of the molecule is CN(CCC1CCNCC1)c1c(Cl)c(C(=O)NC2C3CC4CC2CC(O)(C4)C3)nn1C. The van der Waals surface area contributed by atoms with E-state index >= 15 is 0 Å². The van der Waals surface area contributed by atoms with Crippen molar-refractivity contribution < 1.29 is 9.90 Å². The minimum Gasteiger partial charge on any atom is -0.390 e. The molecule has 1 saturated heterocycles. The molecule has 3 N–H and O–H groups in total. The Morgan fingerprint density at radius 1 is 1.29 bits per heavy atom. The number of piperidine rings is 1. The first-order valence-corrected chi connectivity index (χ1v) is 12.4. The fourth-order valence-electron chi connectivity index (χ4n) is 7.14. The summed E-state index contributed by atoms with van der Waals surface area (Å²) in [5.74, 6) is 2.73. The third kappa shape index (κ3) is 4.09. The van der Waals surface area contributed by atoms with Gasteiger partial charge in [0.25, 0.3) is 5.91 Å². The van der Waals surface area contributed by atoms with E-state index in [1.165, 1.54) is 12.8 Å². The first-order valence-electron chi connectivity index (χ1n) is 12.0. The second kappa shape index (κ2) is 8.23. The maximum Gasteiger partial charge on any atom is 0.273 e. The summed E-state index contributed by atoms with van der Waals surface area (Å²) in [7, 11) is 3.89. The molecule has 2 atom stereocenters. The molecule has 5 fully saturated rings. The molecule has 5 aliphatic rings. The van der Waals surface area contributed by atoms with Crippen LogP contribution in [-0.4, -0.2) is 59.1 Å². The maximum absolute atomic E-state index is 13.2. The van der Waals surface area contributed by atoms with Gasteiger partial charge in [-0.25, -0.2) is 0 Å². The number of nitrogens with zero attached hydrogens (tertiary/aromatic N) is 3. The van der Waals surface area contributed by atoms with E-state index in [2.05, 4.69) is 20.6 Å². The summed E-state index contributed by atoms with van der Waals surface area (Å²) in [5.41, 5.74) is -0.176. The maximum atomic E-state index is 13.2. The zero-order valence-electron chi connectivity index (χ0n) is 18.7. The molecule has 0 radical (unpaired) electrons. The number of halogens is 1. The molecule has 4 aliphatic carbocycles. The van der Waals surface area contributed by atoms with Crippen molar-refractivity contribution in [3.63, 3.8) is 0 Å². The van der Waals surface area contributed by atoms with Crippen LogP contribution in [-0.2, 0) is 7.05 Å². The molecule has 172 valence electrons. The summed E-state index contributed by atoms with van der Waals surface area (Å²) in [6.45, 7) is 3.11. The van der Waals surface area contributed by atoms with E-state index in [1.54, 1.807) is 4.68 Å². The molecule has 7 nitrogen and oxygen atoms in total. The third-order valence-electron chi connectivity index (χ3n) is 8.41. The van der Waals surface area contributed by atoms with E-state index in [4.69, 9.17) is 11.6 Å². The van der Waals surface area contributed by atoms with Crippen molar-refractivity contribution in [1.82, 2.24) is 20.4 Å². The van der Waals surface area contributed by atoms with E-state index in [9.17, 15) is 9.90 Å². The molecule has 1 aromatic rings. The number of aromatic nitrogens is 2. The van der Waals surface area contributed by atoms with Gasteiger partial charge in [0.15, 0.2) is 5.69 Å². The molecule has 0 spiro atoms. The highest BCUT2D eigenvalue weighted by Crippen LogP contribution is 2.55. The van der Waals surface area contributed by atoms with Crippen LogP contribution in [0.15, 0.2) is 0 Å². The quantitative estimate of drug-likeness (QED) is 0.621. The normalized spacial score (nSPS) is 34.8. The van der Waals surface area contributed by atoms with Crippen LogP contribution in [0.5, 0.6) is 0 Å². The second-order valence-electron chi connectivity index (χ2n) is 10.7. The van der Waals surface area contributed by atoms with Crippen molar-refractivity contribution in [3.8, 4) is 0 Å². The Bertz CT molecular complexity index is 820. The third-order valence-corrected chi connectivity index (χ3v) is 8.76. The Morgan fingerprint density at radius 2 is 1.97 bits per heavy atom. The molecule has 2 heterocycles. The van der Waals surface area contributed by atoms with Gasteiger partial charge in [-0.1, -0.05) is 11.6 Å². The van der Waals surface area contributed by atoms with Gasteiger partial charge >= 0.3 is 0 Å². The molecule has 31 heavy (non-hydrogen) atoms. The van der Waals surface area contributed by atoms with Gasteiger partial charge in [0.1, 0.15) is 10.8 Å². The van der Waals surface area contributed by atoms with E-state index in [0.717, 1.165) is 69.9 Å². The summed E-state index contributed by atoms with van der Waals surface area (Å²) in [6, 6.07) is 0.128. The number of nitrogens with one attached hydrogen (secondary N) is 2. The summed E-state index contributed by atoms with van der Waals surface area (Å²) < 4.78 is 1.74. The van der Waals surface area contributed by atoms with Gasteiger partial charge in [-0.3, -0.25) is 9.48 Å². The van der Waals surface area contributed by atoms with Gasteiger partial charge < -0.3 is 20.6 Å². The molecule has 1 aromatic heterocycles. The number of carbonyl (C=O) groups is 1. The van der Waals surface area contributed by atoms with Crippen LogP contribution in [0.1, 0.15) is 61.9 Å². The average molecular weight is 450 g/mol. The first-order chi connectivity index (χ1) is 14.8. The number of amides is 1. The lowest BCUT2D eigenvalue weighted by atomic mass is 9.52. The molecule has 4 saturated carbocycles. The number of hydrogen-bond donors (Lipinski definition) is 3. The zero-order valence-corrected chi connectivity index (χ0v) is 19.5. The van der Waals surface area contributed by atoms with Crippen LogP contribution in [0.4, 0.5) is 5.82 Å². The van der Waals surface area contributed by atoms with E-state index in [-0.39, 0.29) is 11.9 Å². The van der Waals surface area contributed by atoms with Crippen molar-refractivity contribution in [3.05, 3.63) is 10.7 Å². The fraction of sp³-hybridized carbons (Fsp3) is 0.826. The molecule has 1 amide bonds. The van der Waals surface area contributed by atoms with Crippen molar-refractivity contribution in [2.75, 3.05) is 31.6 Å². The number of hydrogen-bond acceptors (Lipinski definition) is 5. The highest BCUT2D eigenvalue weighted by molar-refractivity contribution is 6.36. The Balaban J connectivity index is 1.25. The van der Waals surface area contributed by atoms with Crippen molar-refractivity contribution in [2.24, 2.45) is 30.7 Å². The largest absolute Gasteiger partial charge is 0.390 e. The highest BCUT2D eigenvalue weighted by Gasteiger charge is 2.55. The standard InChI is InChI=1S/C23H36ClN5O2/c1-28(8-5-14-3-6-25-7-4-14)22-18(24)20(27-29(22)2)21(30)26-19-16-9-15-10-17(19)13-23(31,11-15)12-16/h14-17,19,25,31H,3-13H2,1-2H3,(H,26,30). The topological polar surface area (TPSA) is 82.4 Å². The van der Waals surface area contributed by atoms with Crippen LogP contribution in [0, 0.1) is 23.7 Å². The molecular formula is C23H36ClN5O2. The molecule has 1 aliphatic heterocycles. The molecule has 4 bridgehead atoms. The smallest absolute Gasteiger partial charge is 0.273 e. The summed E-state index contributed by atoms with van der Waals surface area (Å²) in [6.07, 6.45) is 8.36. The molecule has 8 heteroatoms. The first kappa shape index (κ1) is 21.5. The van der Waals surface area contributed by atoms with E-state index < -0.39 is 5.60 Å². The molecule has 0 aromatic carbocycles. The minimum absolute atomic E-state index is 0.128. The van der Waals surface area contributed by atoms with Crippen molar-refractivity contribution in [1.29, 1.82) is 0 Å². The van der Waals surface area contributed by atoms with Gasteiger partial charge in [0.05, 0.1) is 5.60 Å². The van der Waals surface area contributed by atoms with Crippen molar-refractivity contribution in [2.45, 2.75) is 63.0 Å². The lowest BCUT2D eigenvalue weighted by Crippen LogP contribution is -2.61. The number of aryl methyl sites for hydroxylation is 1. The molecule has 6 rings (SSSR count). The number of carbonyl (C=O) groups excluding carboxylic acids is 1. The highest BCUT2D eigenvalue weighted by atomic mass is 35.5. The van der Waals surface area contributed by atoms with E-state index in [1.807, 2.05) is 14.1 Å². The molecular weight excluding hydrogens is 414 g/mol. The van der Waals surface area contributed by atoms with Crippen LogP contribution in [0.25, 0.3) is 0 Å². The van der Waals surface area contributed by atoms with Gasteiger partial charge in [-0.15, -0.1) is 0 Å². The van der Waals surface area contributed by atoms with Crippen LogP contribution < -0.4 is 15.5 Å². The summed E-state index contributed by atoms with van der Waals surface area (Å²) in [4.78, 5) is 15.3. The van der Waals surface area contributed by atoms with Gasteiger partial charge in [0.2, 0.25) is 0 Å². The monoisotopic (exact) mass is 449 g/mol. The van der Waals surface area contributed by atoms with Crippen LogP contribution >= 0.6 is 11.6 Å². The van der Waals surface area contributed by atoms with Gasteiger partial charge in [-0.05, 0) is 88.1 Å². The van der Waals surface area contributed by atoms with Gasteiger partial charge in [0, 0.05) is 26.7 Å². The number of anilines is 1. The van der Waals surface area contributed by atoms with Crippen molar-refractivity contribution >= 4 is 23.3 Å². The Kier molecular flexibility index (Phi) is 5.72. The lowest BCUT2D eigenvalue weighted by molar-refractivity contribution is -0.136. The van der Waals surface area contributed by atoms with Gasteiger partial charge in [-0.2, -0.15) is 5.10 Å². The predicted molar refractivity (Wildman–Crippen MR) is 121 cm³/mol. The second-order valence-corrected chi connectivity index (χ2v) is 11.1. The lowest BCUT2D eigenvalue weighted by Gasteiger charge is -2.58. The predicted octanol–water partition coefficient (Wildman–Crippen LogP) is 2.57. The fourth-order valence-corrected chi connectivity index (χ4v) is 7.53. The average Bonchev–Trinajstić information content (AvgIpc) is 3.02. The number of rotatable bonds is 6. The number of aliphatic hydroxyl groups is 1. The Labute approximate surface area is 189 Å². The zero-order chi connectivity index (χ0) is 21.8. The molecule has 2 unspecified atom stereocenters. The minimum atomic E-state index is -0.495. The Morgan fingerprint density at radius 3 is 2.61 bits per heavy atom. The summed E-state index contributed by atoms with van der Waals surface area (Å²) in [5, 5.41) is 22.4.